The van der Waals surface area contributed by atoms with Crippen LogP contribution in [0.15, 0.2) is 0 Å². The standard InChI is InChI=1S/C12H23N3O3/c1-10(12(17)18)3-2-4-14-11(16)9-15-7-5-13-6-8-15/h10,13H,2-9H2,1H3,(H,14,16)(H,17,18). The molecule has 6 heteroatoms. The number of carbonyl (C=O) groups excluding carboxylic acids is 1. The van der Waals surface area contributed by atoms with Gasteiger partial charge in [0.2, 0.25) is 5.91 Å². The Hall–Kier alpha value is -1.14. The highest BCUT2D eigenvalue weighted by atomic mass is 16.4. The lowest BCUT2D eigenvalue weighted by molar-refractivity contribution is -0.141. The predicted octanol–water partition coefficient (Wildman–Crippen LogP) is -0.491. The number of nitrogens with zero attached hydrogens (tertiary/aromatic N) is 1. The Labute approximate surface area is 108 Å². The average molecular weight is 257 g/mol. The molecular formula is C12H23N3O3. The van der Waals surface area contributed by atoms with Gasteiger partial charge in [0.25, 0.3) is 0 Å². The smallest absolute Gasteiger partial charge is 0.306 e. The fourth-order valence-corrected chi connectivity index (χ4v) is 1.89. The maximum absolute atomic E-state index is 11.6. The van der Waals surface area contributed by atoms with Crippen LogP contribution in [0.5, 0.6) is 0 Å². The number of aliphatic carboxylic acids is 1. The number of rotatable bonds is 7. The maximum Gasteiger partial charge on any atom is 0.306 e. The van der Waals surface area contributed by atoms with Gasteiger partial charge in [-0.2, -0.15) is 0 Å². The fourth-order valence-electron chi connectivity index (χ4n) is 1.89. The summed E-state index contributed by atoms with van der Waals surface area (Å²) in [5.41, 5.74) is 0. The summed E-state index contributed by atoms with van der Waals surface area (Å²) in [5.74, 6) is -1.09. The molecule has 0 bridgehead atoms. The SMILES string of the molecule is CC(CCCNC(=O)CN1CCNCC1)C(=O)O. The summed E-state index contributed by atoms with van der Waals surface area (Å²) in [5, 5.41) is 14.8. The van der Waals surface area contributed by atoms with E-state index in [1.54, 1.807) is 6.92 Å². The van der Waals surface area contributed by atoms with Crippen LogP contribution in [-0.2, 0) is 9.59 Å². The van der Waals surface area contributed by atoms with Gasteiger partial charge in [0.1, 0.15) is 0 Å². The maximum atomic E-state index is 11.6. The van der Waals surface area contributed by atoms with E-state index < -0.39 is 5.97 Å². The minimum absolute atomic E-state index is 0.0277. The largest absolute Gasteiger partial charge is 0.481 e. The van der Waals surface area contributed by atoms with Crippen LogP contribution in [0.25, 0.3) is 0 Å². The van der Waals surface area contributed by atoms with Gasteiger partial charge in [-0.25, -0.2) is 0 Å². The van der Waals surface area contributed by atoms with Crippen molar-refractivity contribution in [2.45, 2.75) is 19.8 Å². The summed E-state index contributed by atoms with van der Waals surface area (Å²) in [7, 11) is 0. The Morgan fingerprint density at radius 1 is 1.39 bits per heavy atom. The van der Waals surface area contributed by atoms with Gasteiger partial charge in [-0.3, -0.25) is 14.5 Å². The first-order valence-electron chi connectivity index (χ1n) is 6.52. The molecule has 0 aliphatic carbocycles. The first-order chi connectivity index (χ1) is 8.59. The monoisotopic (exact) mass is 257 g/mol. The predicted molar refractivity (Wildman–Crippen MR) is 68.4 cm³/mol. The molecule has 1 rings (SSSR count). The van der Waals surface area contributed by atoms with Crippen LogP contribution in [0.3, 0.4) is 0 Å². The summed E-state index contributed by atoms with van der Waals surface area (Å²) in [6, 6.07) is 0. The number of carbonyl (C=O) groups is 2. The second-order valence-corrected chi connectivity index (χ2v) is 4.76. The highest BCUT2D eigenvalue weighted by Gasteiger charge is 2.13. The van der Waals surface area contributed by atoms with Gasteiger partial charge in [0.05, 0.1) is 12.5 Å². The highest BCUT2D eigenvalue weighted by molar-refractivity contribution is 5.78. The average Bonchev–Trinajstić information content (AvgIpc) is 2.35. The minimum Gasteiger partial charge on any atom is -0.481 e. The van der Waals surface area contributed by atoms with Crippen molar-refractivity contribution in [1.82, 2.24) is 15.5 Å². The zero-order valence-corrected chi connectivity index (χ0v) is 10.9. The number of carboxylic acids is 1. The molecule has 0 aromatic heterocycles. The lowest BCUT2D eigenvalue weighted by Crippen LogP contribution is -2.47. The van der Waals surface area contributed by atoms with E-state index in [4.69, 9.17) is 5.11 Å². The molecule has 1 saturated heterocycles. The van der Waals surface area contributed by atoms with E-state index in [0.717, 1.165) is 26.2 Å². The third kappa shape index (κ3) is 5.97. The molecule has 1 amide bonds. The zero-order valence-electron chi connectivity index (χ0n) is 10.9. The first kappa shape index (κ1) is 14.9. The molecule has 1 atom stereocenters. The van der Waals surface area contributed by atoms with Crippen molar-refractivity contribution in [2.24, 2.45) is 5.92 Å². The van der Waals surface area contributed by atoms with Crippen LogP contribution in [0.4, 0.5) is 0 Å². The second kappa shape index (κ2) is 8.05. The number of hydrogen-bond donors (Lipinski definition) is 3. The van der Waals surface area contributed by atoms with Crippen LogP contribution in [0.1, 0.15) is 19.8 Å². The van der Waals surface area contributed by atoms with Gasteiger partial charge in [-0.1, -0.05) is 6.92 Å². The summed E-state index contributed by atoms with van der Waals surface area (Å²) in [6.45, 7) is 6.36. The number of hydrogen-bond acceptors (Lipinski definition) is 4. The third-order valence-electron chi connectivity index (χ3n) is 3.13. The van der Waals surface area contributed by atoms with Crippen LogP contribution in [-0.4, -0.2) is 61.2 Å². The molecule has 0 spiro atoms. The van der Waals surface area contributed by atoms with Crippen LogP contribution in [0.2, 0.25) is 0 Å². The number of nitrogens with one attached hydrogen (secondary N) is 2. The van der Waals surface area contributed by atoms with Gasteiger partial charge in [0, 0.05) is 32.7 Å². The molecule has 1 aliphatic rings. The van der Waals surface area contributed by atoms with E-state index in [0.29, 0.717) is 25.9 Å². The second-order valence-electron chi connectivity index (χ2n) is 4.76. The normalized spacial score (nSPS) is 18.3. The Kier molecular flexibility index (Phi) is 6.67. The van der Waals surface area contributed by atoms with Gasteiger partial charge < -0.3 is 15.7 Å². The molecule has 104 valence electrons. The van der Waals surface area contributed by atoms with E-state index >= 15 is 0 Å². The molecule has 1 heterocycles. The van der Waals surface area contributed by atoms with Gasteiger partial charge in [-0.15, -0.1) is 0 Å². The Morgan fingerprint density at radius 2 is 2.06 bits per heavy atom. The topological polar surface area (TPSA) is 81.7 Å². The van der Waals surface area contributed by atoms with Crippen molar-refractivity contribution in [3.8, 4) is 0 Å². The molecule has 1 aliphatic heterocycles. The molecule has 0 aromatic rings. The summed E-state index contributed by atoms with van der Waals surface area (Å²) < 4.78 is 0. The van der Waals surface area contributed by atoms with Crippen molar-refractivity contribution < 1.29 is 14.7 Å². The van der Waals surface area contributed by atoms with E-state index in [1.807, 2.05) is 0 Å². The molecule has 1 fully saturated rings. The molecule has 18 heavy (non-hydrogen) atoms. The van der Waals surface area contributed by atoms with Crippen molar-refractivity contribution in [3.05, 3.63) is 0 Å². The van der Waals surface area contributed by atoms with Crippen LogP contribution in [0, 0.1) is 5.92 Å². The van der Waals surface area contributed by atoms with E-state index in [1.165, 1.54) is 0 Å². The first-order valence-corrected chi connectivity index (χ1v) is 6.52. The molecule has 1 unspecified atom stereocenters. The number of amides is 1. The van der Waals surface area contributed by atoms with Crippen LogP contribution < -0.4 is 10.6 Å². The van der Waals surface area contributed by atoms with Crippen molar-refractivity contribution in [1.29, 1.82) is 0 Å². The van der Waals surface area contributed by atoms with Gasteiger partial charge in [-0.05, 0) is 12.8 Å². The minimum atomic E-state index is -0.776. The molecule has 0 saturated carbocycles. The van der Waals surface area contributed by atoms with E-state index in [-0.39, 0.29) is 11.8 Å². The lowest BCUT2D eigenvalue weighted by Gasteiger charge is -2.26. The molecule has 3 N–H and O–H groups in total. The fraction of sp³-hybridized carbons (Fsp3) is 0.833. The lowest BCUT2D eigenvalue weighted by atomic mass is 10.1. The van der Waals surface area contributed by atoms with Crippen molar-refractivity contribution in [2.75, 3.05) is 39.3 Å². The molecular weight excluding hydrogens is 234 g/mol. The molecule has 6 nitrogen and oxygen atoms in total. The third-order valence-corrected chi connectivity index (χ3v) is 3.13. The highest BCUT2D eigenvalue weighted by Crippen LogP contribution is 2.04. The van der Waals surface area contributed by atoms with Crippen LogP contribution >= 0.6 is 0 Å². The summed E-state index contributed by atoms with van der Waals surface area (Å²) in [6.07, 6.45) is 1.31. The summed E-state index contributed by atoms with van der Waals surface area (Å²) in [4.78, 5) is 24.3. The molecule has 0 radical (unpaired) electrons. The zero-order chi connectivity index (χ0) is 13.4. The van der Waals surface area contributed by atoms with E-state index in [9.17, 15) is 9.59 Å². The van der Waals surface area contributed by atoms with E-state index in [2.05, 4.69) is 15.5 Å². The quantitative estimate of drug-likeness (QED) is 0.536. The van der Waals surface area contributed by atoms with Crippen molar-refractivity contribution in [3.63, 3.8) is 0 Å². The number of piperazine rings is 1. The number of carboxylic acid groups (broad SMARTS) is 1. The Morgan fingerprint density at radius 3 is 2.67 bits per heavy atom. The Bertz CT molecular complexity index is 278. The molecule has 0 aromatic carbocycles. The van der Waals surface area contributed by atoms with Crippen molar-refractivity contribution >= 4 is 11.9 Å². The van der Waals surface area contributed by atoms with Gasteiger partial charge in [0.15, 0.2) is 0 Å². The van der Waals surface area contributed by atoms with Gasteiger partial charge >= 0.3 is 5.97 Å². The Balaban J connectivity index is 2.04. The summed E-state index contributed by atoms with van der Waals surface area (Å²) >= 11 is 0.